The van der Waals surface area contributed by atoms with Crippen LogP contribution in [0.2, 0.25) is 0 Å². The van der Waals surface area contributed by atoms with E-state index in [9.17, 15) is 8.42 Å². The molecule has 8 heteroatoms. The van der Waals surface area contributed by atoms with Crippen LogP contribution in [0, 0.1) is 0 Å². The first-order valence-corrected chi connectivity index (χ1v) is 10.8. The molecule has 0 saturated carbocycles. The zero-order valence-corrected chi connectivity index (χ0v) is 17.1. The number of guanidine groups is 1. The summed E-state index contributed by atoms with van der Waals surface area (Å²) in [5, 5.41) is 6.49. The van der Waals surface area contributed by atoms with Crippen molar-refractivity contribution < 1.29 is 8.42 Å². The topological polar surface area (TPSA) is 85.8 Å². The van der Waals surface area contributed by atoms with Gasteiger partial charge in [-0.3, -0.25) is 9.89 Å². The Kier molecular flexibility index (Phi) is 10.2. The normalized spacial score (nSPS) is 13.7. The lowest BCUT2D eigenvalue weighted by molar-refractivity contribution is 0.238. The van der Waals surface area contributed by atoms with Crippen LogP contribution in [0.5, 0.6) is 0 Å². The standard InChI is InChI=1S/C18H33N5O2S/c1-16(23(3)15-17-9-6-5-7-10-17)11-14-21-18(19-2)20-12-8-13-22-26(4,24)25/h5-7,9-10,16,22H,8,11-15H2,1-4H3,(H2,19,20,21). The molecule has 0 saturated heterocycles. The highest BCUT2D eigenvalue weighted by molar-refractivity contribution is 7.88. The van der Waals surface area contributed by atoms with Crippen molar-refractivity contribution in [2.24, 2.45) is 4.99 Å². The van der Waals surface area contributed by atoms with Crippen LogP contribution in [0.3, 0.4) is 0 Å². The molecule has 1 aromatic rings. The van der Waals surface area contributed by atoms with E-state index in [1.165, 1.54) is 5.56 Å². The minimum Gasteiger partial charge on any atom is -0.356 e. The summed E-state index contributed by atoms with van der Waals surface area (Å²) in [5.41, 5.74) is 1.31. The summed E-state index contributed by atoms with van der Waals surface area (Å²) in [5.74, 6) is 0.738. The molecule has 0 spiro atoms. The fraction of sp³-hybridized carbons (Fsp3) is 0.611. The third-order valence-electron chi connectivity index (χ3n) is 4.12. The van der Waals surface area contributed by atoms with Crippen molar-refractivity contribution in [2.75, 3.05) is 40.0 Å². The van der Waals surface area contributed by atoms with Gasteiger partial charge in [-0.05, 0) is 32.4 Å². The maximum absolute atomic E-state index is 11.0. The Morgan fingerprint density at radius 2 is 1.81 bits per heavy atom. The number of hydrogen-bond acceptors (Lipinski definition) is 4. The van der Waals surface area contributed by atoms with Crippen LogP contribution < -0.4 is 15.4 Å². The van der Waals surface area contributed by atoms with Gasteiger partial charge >= 0.3 is 0 Å². The highest BCUT2D eigenvalue weighted by atomic mass is 32.2. The molecule has 0 heterocycles. The molecule has 0 aliphatic rings. The second kappa shape index (κ2) is 11.9. The van der Waals surface area contributed by atoms with Crippen molar-refractivity contribution in [3.05, 3.63) is 35.9 Å². The van der Waals surface area contributed by atoms with E-state index in [2.05, 4.69) is 63.5 Å². The van der Waals surface area contributed by atoms with Gasteiger partial charge in [0.15, 0.2) is 5.96 Å². The van der Waals surface area contributed by atoms with Gasteiger partial charge in [-0.25, -0.2) is 13.1 Å². The molecule has 7 nitrogen and oxygen atoms in total. The monoisotopic (exact) mass is 383 g/mol. The van der Waals surface area contributed by atoms with Crippen LogP contribution >= 0.6 is 0 Å². The minimum absolute atomic E-state index is 0.421. The van der Waals surface area contributed by atoms with Crippen molar-refractivity contribution in [1.82, 2.24) is 20.3 Å². The summed E-state index contributed by atoms with van der Waals surface area (Å²) in [4.78, 5) is 6.52. The lowest BCUT2D eigenvalue weighted by atomic mass is 10.1. The first kappa shape index (κ1) is 22.4. The molecule has 1 aromatic carbocycles. The van der Waals surface area contributed by atoms with Crippen molar-refractivity contribution >= 4 is 16.0 Å². The van der Waals surface area contributed by atoms with Crippen molar-refractivity contribution in [3.8, 4) is 0 Å². The Labute approximate surface area is 158 Å². The molecule has 1 atom stereocenters. The van der Waals surface area contributed by atoms with Gasteiger partial charge in [0.05, 0.1) is 6.26 Å². The molecule has 0 bridgehead atoms. The molecule has 0 radical (unpaired) electrons. The molecule has 26 heavy (non-hydrogen) atoms. The minimum atomic E-state index is -3.11. The summed E-state index contributed by atoms with van der Waals surface area (Å²) < 4.78 is 24.4. The molecule has 0 fully saturated rings. The fourth-order valence-electron chi connectivity index (χ4n) is 2.42. The molecule has 0 aliphatic carbocycles. The summed E-state index contributed by atoms with van der Waals surface area (Å²) >= 11 is 0. The molecule has 3 N–H and O–H groups in total. The highest BCUT2D eigenvalue weighted by Crippen LogP contribution is 2.07. The molecule has 148 valence electrons. The van der Waals surface area contributed by atoms with Crippen molar-refractivity contribution in [2.45, 2.75) is 32.4 Å². The van der Waals surface area contributed by atoms with Gasteiger partial charge < -0.3 is 10.6 Å². The van der Waals surface area contributed by atoms with Crippen LogP contribution in [-0.2, 0) is 16.6 Å². The second-order valence-corrected chi connectivity index (χ2v) is 8.32. The summed E-state index contributed by atoms with van der Waals surface area (Å²) in [6.07, 6.45) is 2.86. The van der Waals surface area contributed by atoms with Crippen LogP contribution in [0.15, 0.2) is 35.3 Å². The maximum atomic E-state index is 11.0. The highest BCUT2D eigenvalue weighted by Gasteiger charge is 2.09. The van der Waals surface area contributed by atoms with E-state index in [4.69, 9.17) is 0 Å². The fourth-order valence-corrected chi connectivity index (χ4v) is 2.94. The van der Waals surface area contributed by atoms with E-state index in [0.717, 1.165) is 31.7 Å². The van der Waals surface area contributed by atoms with Crippen LogP contribution in [0.4, 0.5) is 0 Å². The third kappa shape index (κ3) is 10.4. The van der Waals surface area contributed by atoms with Gasteiger partial charge in [0.25, 0.3) is 0 Å². The predicted molar refractivity (Wildman–Crippen MR) is 109 cm³/mol. The number of sulfonamides is 1. The van der Waals surface area contributed by atoms with E-state index in [1.807, 2.05) is 6.07 Å². The second-order valence-electron chi connectivity index (χ2n) is 6.48. The largest absolute Gasteiger partial charge is 0.356 e. The Bertz CT molecular complexity index is 634. The molecule has 1 unspecified atom stereocenters. The third-order valence-corrected chi connectivity index (χ3v) is 4.84. The van der Waals surface area contributed by atoms with Crippen LogP contribution in [-0.4, -0.2) is 65.3 Å². The average molecular weight is 384 g/mol. The zero-order chi connectivity index (χ0) is 19.4. The van der Waals surface area contributed by atoms with Gasteiger partial charge in [-0.1, -0.05) is 30.3 Å². The van der Waals surface area contributed by atoms with Crippen LogP contribution in [0.25, 0.3) is 0 Å². The summed E-state index contributed by atoms with van der Waals surface area (Å²) in [6.45, 7) is 5.05. The Morgan fingerprint density at radius 1 is 1.15 bits per heavy atom. The molecule has 1 rings (SSSR count). The smallest absolute Gasteiger partial charge is 0.208 e. The summed E-state index contributed by atoms with van der Waals surface area (Å²) in [7, 11) is 0.756. The summed E-state index contributed by atoms with van der Waals surface area (Å²) in [6, 6.07) is 10.9. The Morgan fingerprint density at radius 3 is 2.42 bits per heavy atom. The van der Waals surface area contributed by atoms with E-state index in [-0.39, 0.29) is 0 Å². The molecule has 0 aliphatic heterocycles. The van der Waals surface area contributed by atoms with Gasteiger partial charge in [-0.15, -0.1) is 0 Å². The van der Waals surface area contributed by atoms with Gasteiger partial charge in [-0.2, -0.15) is 0 Å². The van der Waals surface area contributed by atoms with Gasteiger partial charge in [0, 0.05) is 39.3 Å². The van der Waals surface area contributed by atoms with Gasteiger partial charge in [0.2, 0.25) is 10.0 Å². The average Bonchev–Trinajstić information content (AvgIpc) is 2.59. The Balaban J connectivity index is 2.20. The molecule has 0 amide bonds. The Hall–Kier alpha value is -1.64. The lowest BCUT2D eigenvalue weighted by Crippen LogP contribution is -2.41. The molecule has 0 aromatic heterocycles. The molecular weight excluding hydrogens is 350 g/mol. The lowest BCUT2D eigenvalue weighted by Gasteiger charge is -2.25. The number of nitrogens with zero attached hydrogens (tertiary/aromatic N) is 2. The maximum Gasteiger partial charge on any atom is 0.208 e. The quantitative estimate of drug-likeness (QED) is 0.302. The van der Waals surface area contributed by atoms with E-state index in [0.29, 0.717) is 25.6 Å². The first-order valence-electron chi connectivity index (χ1n) is 8.95. The number of benzene rings is 1. The SMILES string of the molecule is CN=C(NCCCNS(C)(=O)=O)NCCC(C)N(C)Cc1ccccc1. The predicted octanol–water partition coefficient (Wildman–Crippen LogP) is 1.00. The van der Waals surface area contributed by atoms with E-state index >= 15 is 0 Å². The van der Waals surface area contributed by atoms with Gasteiger partial charge in [0.1, 0.15) is 0 Å². The zero-order valence-electron chi connectivity index (χ0n) is 16.3. The van der Waals surface area contributed by atoms with E-state index in [1.54, 1.807) is 7.05 Å². The van der Waals surface area contributed by atoms with Crippen LogP contribution in [0.1, 0.15) is 25.3 Å². The number of aliphatic imine (C=N–C) groups is 1. The van der Waals surface area contributed by atoms with Crippen molar-refractivity contribution in [3.63, 3.8) is 0 Å². The van der Waals surface area contributed by atoms with E-state index < -0.39 is 10.0 Å². The van der Waals surface area contributed by atoms with Crippen molar-refractivity contribution in [1.29, 1.82) is 0 Å². The number of rotatable bonds is 11. The first-order chi connectivity index (χ1) is 12.3. The number of nitrogens with one attached hydrogen (secondary N) is 3. The molecular formula is C18H33N5O2S. The number of hydrogen-bond donors (Lipinski definition) is 3.